The molecule has 1 atom stereocenters. The fourth-order valence-electron chi connectivity index (χ4n) is 4.27. The van der Waals surface area contributed by atoms with Gasteiger partial charge in [-0.2, -0.15) is 0 Å². The van der Waals surface area contributed by atoms with E-state index in [0.717, 1.165) is 9.87 Å². The number of hydrogen-bond donors (Lipinski definition) is 1. The quantitative estimate of drug-likeness (QED) is 0.283. The molecule has 10 heteroatoms. The lowest BCUT2D eigenvalue weighted by molar-refractivity contribution is -0.140. The first-order chi connectivity index (χ1) is 19.5. The molecule has 0 radical (unpaired) electrons. The molecule has 0 aliphatic rings. The van der Waals surface area contributed by atoms with Crippen LogP contribution in [0.3, 0.4) is 0 Å². The topological polar surface area (TPSA) is 96.0 Å². The van der Waals surface area contributed by atoms with Crippen LogP contribution in [-0.2, 0) is 26.2 Å². The smallest absolute Gasteiger partial charge is 0.264 e. The van der Waals surface area contributed by atoms with Crippen molar-refractivity contribution in [3.63, 3.8) is 0 Å². The number of ether oxygens (including phenoxy) is 1. The number of methoxy groups -OCH3 is 1. The van der Waals surface area contributed by atoms with E-state index in [1.165, 1.54) is 24.1 Å². The summed E-state index contributed by atoms with van der Waals surface area (Å²) >= 11 is 6.44. The third-order valence-corrected chi connectivity index (χ3v) is 8.77. The molecule has 0 saturated carbocycles. The third kappa shape index (κ3) is 8.24. The van der Waals surface area contributed by atoms with E-state index in [9.17, 15) is 18.0 Å². The Labute approximate surface area is 248 Å². The second-order valence-electron chi connectivity index (χ2n) is 10.2. The zero-order valence-electron chi connectivity index (χ0n) is 24.1. The highest BCUT2D eigenvalue weighted by Crippen LogP contribution is 2.27. The number of benzene rings is 3. The first-order valence-corrected chi connectivity index (χ1v) is 15.3. The van der Waals surface area contributed by atoms with Gasteiger partial charge in [0.05, 0.1) is 17.7 Å². The van der Waals surface area contributed by atoms with Gasteiger partial charge in [0.15, 0.2) is 0 Å². The Morgan fingerprint density at radius 2 is 1.61 bits per heavy atom. The van der Waals surface area contributed by atoms with Gasteiger partial charge in [-0.1, -0.05) is 68.3 Å². The van der Waals surface area contributed by atoms with Crippen LogP contribution >= 0.6 is 11.6 Å². The van der Waals surface area contributed by atoms with Gasteiger partial charge in [-0.15, -0.1) is 0 Å². The second-order valence-corrected chi connectivity index (χ2v) is 12.5. The molecule has 2 amide bonds. The number of halogens is 1. The summed E-state index contributed by atoms with van der Waals surface area (Å²) in [5.74, 6) is -0.0858. The summed E-state index contributed by atoms with van der Waals surface area (Å²) in [6.07, 6.45) is 0.327. The zero-order valence-corrected chi connectivity index (χ0v) is 25.7. The van der Waals surface area contributed by atoms with Gasteiger partial charge in [-0.05, 0) is 67.3 Å². The number of rotatable bonds is 13. The van der Waals surface area contributed by atoms with E-state index in [1.807, 2.05) is 27.7 Å². The van der Waals surface area contributed by atoms with E-state index in [1.54, 1.807) is 60.7 Å². The average molecular weight is 600 g/mol. The van der Waals surface area contributed by atoms with Gasteiger partial charge >= 0.3 is 0 Å². The van der Waals surface area contributed by atoms with Crippen molar-refractivity contribution in [2.75, 3.05) is 24.5 Å². The van der Waals surface area contributed by atoms with Crippen LogP contribution in [0.2, 0.25) is 5.02 Å². The Morgan fingerprint density at radius 1 is 0.976 bits per heavy atom. The van der Waals surface area contributed by atoms with Crippen molar-refractivity contribution >= 4 is 39.1 Å². The molecule has 3 aromatic rings. The Balaban J connectivity index is 2.06. The van der Waals surface area contributed by atoms with Crippen LogP contribution in [0.25, 0.3) is 0 Å². The molecule has 3 aromatic carbocycles. The Hall–Kier alpha value is -3.56. The maximum absolute atomic E-state index is 14.1. The lowest BCUT2D eigenvalue weighted by Crippen LogP contribution is -2.52. The third-order valence-electron chi connectivity index (χ3n) is 6.62. The van der Waals surface area contributed by atoms with Crippen LogP contribution < -0.4 is 14.4 Å². The highest BCUT2D eigenvalue weighted by Gasteiger charge is 2.34. The summed E-state index contributed by atoms with van der Waals surface area (Å²) in [4.78, 5) is 28.9. The van der Waals surface area contributed by atoms with Crippen LogP contribution in [0, 0.1) is 12.8 Å². The van der Waals surface area contributed by atoms with Crippen molar-refractivity contribution in [2.24, 2.45) is 5.92 Å². The van der Waals surface area contributed by atoms with Crippen LogP contribution in [0.5, 0.6) is 5.75 Å². The number of anilines is 1. The molecular weight excluding hydrogens is 562 g/mol. The molecule has 1 N–H and O–H groups in total. The van der Waals surface area contributed by atoms with Gasteiger partial charge in [-0.3, -0.25) is 13.9 Å². The summed E-state index contributed by atoms with van der Waals surface area (Å²) in [7, 11) is -2.64. The largest absolute Gasteiger partial charge is 0.497 e. The van der Waals surface area contributed by atoms with Crippen LogP contribution in [0.15, 0.2) is 77.7 Å². The molecule has 0 bridgehead atoms. The standard InChI is InChI=1S/C31H38ClN3O5S/c1-6-29(31(37)33-19-22(2)3)34(20-24-9-7-8-10-28(24)32)30(36)21-35(25-13-15-26(40-5)16-14-25)41(38,39)27-17-11-23(4)12-18-27/h7-18,22,29H,6,19-21H2,1-5H3,(H,33,37)/t29-/m1/s1. The predicted molar refractivity (Wildman–Crippen MR) is 163 cm³/mol. The SMILES string of the molecule is CC[C@H](C(=O)NCC(C)C)N(Cc1ccccc1Cl)C(=O)CN(c1ccc(OC)cc1)S(=O)(=O)c1ccc(C)cc1. The molecule has 3 rings (SSSR count). The van der Waals surface area contributed by atoms with Gasteiger partial charge in [0.1, 0.15) is 18.3 Å². The first kappa shape index (κ1) is 32.0. The van der Waals surface area contributed by atoms with Gasteiger partial charge in [0.25, 0.3) is 10.0 Å². The van der Waals surface area contributed by atoms with Crippen LogP contribution in [0.4, 0.5) is 5.69 Å². The number of hydrogen-bond acceptors (Lipinski definition) is 5. The average Bonchev–Trinajstić information content (AvgIpc) is 2.95. The molecule has 0 unspecified atom stereocenters. The van der Waals surface area contributed by atoms with Crippen molar-refractivity contribution in [3.05, 3.63) is 88.9 Å². The molecule has 0 aromatic heterocycles. The van der Waals surface area contributed by atoms with Crippen molar-refractivity contribution in [2.45, 2.75) is 51.6 Å². The van der Waals surface area contributed by atoms with Crippen molar-refractivity contribution < 1.29 is 22.7 Å². The number of carbonyl (C=O) groups excluding carboxylic acids is 2. The number of aryl methyl sites for hydroxylation is 1. The normalized spacial score (nSPS) is 12.1. The maximum atomic E-state index is 14.1. The highest BCUT2D eigenvalue weighted by atomic mass is 35.5. The summed E-state index contributed by atoms with van der Waals surface area (Å²) in [5.41, 5.74) is 1.84. The summed E-state index contributed by atoms with van der Waals surface area (Å²) in [6, 6.07) is 19.1. The number of carbonyl (C=O) groups is 2. The minimum absolute atomic E-state index is 0.0349. The molecule has 0 aliphatic heterocycles. The Bertz CT molecular complexity index is 1430. The van der Waals surface area contributed by atoms with Crippen LogP contribution in [0.1, 0.15) is 38.3 Å². The molecule has 0 aliphatic carbocycles. The highest BCUT2D eigenvalue weighted by molar-refractivity contribution is 7.92. The Morgan fingerprint density at radius 3 is 2.17 bits per heavy atom. The number of sulfonamides is 1. The lowest BCUT2D eigenvalue weighted by atomic mass is 10.1. The van der Waals surface area contributed by atoms with Crippen molar-refractivity contribution in [1.82, 2.24) is 10.2 Å². The fraction of sp³-hybridized carbons (Fsp3) is 0.355. The second kappa shape index (κ2) is 14.4. The van der Waals surface area contributed by atoms with Gasteiger partial charge in [-0.25, -0.2) is 8.42 Å². The van der Waals surface area contributed by atoms with E-state index in [-0.39, 0.29) is 29.0 Å². The predicted octanol–water partition coefficient (Wildman–Crippen LogP) is 5.43. The molecule has 0 heterocycles. The molecule has 8 nitrogen and oxygen atoms in total. The monoisotopic (exact) mass is 599 g/mol. The molecular formula is C31H38ClN3O5S. The summed E-state index contributed by atoms with van der Waals surface area (Å²) in [5, 5.41) is 3.36. The molecule has 41 heavy (non-hydrogen) atoms. The summed E-state index contributed by atoms with van der Waals surface area (Å²) in [6.45, 7) is 7.60. The molecule has 0 fully saturated rings. The van der Waals surface area contributed by atoms with E-state index < -0.39 is 28.5 Å². The number of amides is 2. The fourth-order valence-corrected chi connectivity index (χ4v) is 5.88. The van der Waals surface area contributed by atoms with Gasteiger partial charge < -0.3 is 15.0 Å². The lowest BCUT2D eigenvalue weighted by Gasteiger charge is -2.33. The number of nitrogens with zero attached hydrogens (tertiary/aromatic N) is 2. The van der Waals surface area contributed by atoms with Crippen molar-refractivity contribution in [1.29, 1.82) is 0 Å². The van der Waals surface area contributed by atoms with E-state index in [0.29, 0.717) is 29.3 Å². The minimum atomic E-state index is -4.16. The van der Waals surface area contributed by atoms with Crippen LogP contribution in [-0.4, -0.2) is 51.4 Å². The van der Waals surface area contributed by atoms with E-state index >= 15 is 0 Å². The van der Waals surface area contributed by atoms with Gasteiger partial charge in [0.2, 0.25) is 11.8 Å². The van der Waals surface area contributed by atoms with Crippen molar-refractivity contribution in [3.8, 4) is 5.75 Å². The maximum Gasteiger partial charge on any atom is 0.264 e. The molecule has 220 valence electrons. The van der Waals surface area contributed by atoms with E-state index in [2.05, 4.69) is 5.32 Å². The van der Waals surface area contributed by atoms with Gasteiger partial charge in [0, 0.05) is 18.1 Å². The molecule has 0 spiro atoms. The first-order valence-electron chi connectivity index (χ1n) is 13.5. The van der Waals surface area contributed by atoms with E-state index in [4.69, 9.17) is 16.3 Å². The number of nitrogens with one attached hydrogen (secondary N) is 1. The Kier molecular flexibility index (Phi) is 11.2. The molecule has 0 saturated heterocycles. The zero-order chi connectivity index (χ0) is 30.2. The minimum Gasteiger partial charge on any atom is -0.497 e. The summed E-state index contributed by atoms with van der Waals surface area (Å²) < 4.78 is 34.2.